The zero-order chi connectivity index (χ0) is 17.7. The highest BCUT2D eigenvalue weighted by molar-refractivity contribution is 7.82. The lowest BCUT2D eigenvalue weighted by atomic mass is 10.1. The molecule has 0 radical (unpaired) electrons. The number of fused-ring (bicyclic) bond motifs is 1. The molecule has 5 atom stereocenters. The second kappa shape index (κ2) is 6.27. The molecule has 0 N–H and O–H groups in total. The van der Waals surface area contributed by atoms with Gasteiger partial charge in [-0.25, -0.2) is 8.37 Å². The van der Waals surface area contributed by atoms with Gasteiger partial charge >= 0.3 is 10.4 Å². The van der Waals surface area contributed by atoms with Crippen molar-refractivity contribution in [3.8, 4) is 0 Å². The van der Waals surface area contributed by atoms with Crippen molar-refractivity contribution >= 4 is 10.4 Å². The van der Waals surface area contributed by atoms with Crippen molar-refractivity contribution in [2.45, 2.75) is 56.9 Å². The van der Waals surface area contributed by atoms with Gasteiger partial charge < -0.3 is 18.9 Å². The van der Waals surface area contributed by atoms with Crippen LogP contribution in [0.5, 0.6) is 0 Å². The molecular formula is C16H20O8S. The van der Waals surface area contributed by atoms with Crippen molar-refractivity contribution in [1.29, 1.82) is 0 Å². The Morgan fingerprint density at radius 2 is 1.92 bits per heavy atom. The van der Waals surface area contributed by atoms with E-state index in [9.17, 15) is 8.42 Å². The molecule has 3 aliphatic heterocycles. The summed E-state index contributed by atoms with van der Waals surface area (Å²) in [5.74, 6) is -0.798. The van der Waals surface area contributed by atoms with Crippen LogP contribution in [0.1, 0.15) is 19.4 Å². The van der Waals surface area contributed by atoms with Crippen molar-refractivity contribution in [3.63, 3.8) is 0 Å². The van der Waals surface area contributed by atoms with Crippen LogP contribution in [0.15, 0.2) is 30.3 Å². The first kappa shape index (κ1) is 17.3. The van der Waals surface area contributed by atoms with Crippen LogP contribution in [0.4, 0.5) is 0 Å². The molecule has 4 rings (SSSR count). The highest BCUT2D eigenvalue weighted by Crippen LogP contribution is 2.41. The zero-order valence-corrected chi connectivity index (χ0v) is 14.7. The molecule has 0 amide bonds. The average molecular weight is 372 g/mol. The summed E-state index contributed by atoms with van der Waals surface area (Å²) < 4.78 is 56.0. The van der Waals surface area contributed by atoms with E-state index in [1.54, 1.807) is 13.8 Å². The number of hydrogen-bond acceptors (Lipinski definition) is 8. The Morgan fingerprint density at radius 1 is 1.16 bits per heavy atom. The van der Waals surface area contributed by atoms with Gasteiger partial charge in [0.15, 0.2) is 12.1 Å². The molecule has 0 aliphatic carbocycles. The zero-order valence-electron chi connectivity index (χ0n) is 13.9. The van der Waals surface area contributed by atoms with Gasteiger partial charge in [0.1, 0.15) is 24.4 Å². The van der Waals surface area contributed by atoms with E-state index < -0.39 is 46.9 Å². The summed E-state index contributed by atoms with van der Waals surface area (Å²) in [6, 6.07) is 9.65. The van der Waals surface area contributed by atoms with E-state index in [0.717, 1.165) is 5.56 Å². The molecule has 25 heavy (non-hydrogen) atoms. The standard InChI is InChI=1S/C16H20O8S/c1-16(2)22-14-13(19-8-10-6-4-3-5-7-10)12(21-15(14)23-16)11-9-20-25(17,18)24-11/h3-7,11-15H,8-9H2,1-2H3/t11-,12-,13-,14-,15-/m1/s1. The largest absolute Gasteiger partial charge is 0.400 e. The monoisotopic (exact) mass is 372 g/mol. The van der Waals surface area contributed by atoms with Crippen molar-refractivity contribution in [2.75, 3.05) is 6.61 Å². The fourth-order valence-electron chi connectivity index (χ4n) is 3.27. The van der Waals surface area contributed by atoms with Crippen LogP contribution in [0, 0.1) is 0 Å². The Morgan fingerprint density at radius 3 is 2.60 bits per heavy atom. The molecule has 3 saturated heterocycles. The Balaban J connectivity index is 1.52. The van der Waals surface area contributed by atoms with E-state index in [1.807, 2.05) is 30.3 Å². The highest BCUT2D eigenvalue weighted by Gasteiger charge is 2.59. The van der Waals surface area contributed by atoms with Gasteiger partial charge in [0.05, 0.1) is 13.2 Å². The van der Waals surface area contributed by atoms with Gasteiger partial charge in [-0.3, -0.25) is 0 Å². The maximum atomic E-state index is 11.4. The maximum absolute atomic E-state index is 11.4. The molecule has 0 unspecified atom stereocenters. The summed E-state index contributed by atoms with van der Waals surface area (Å²) >= 11 is 0. The number of rotatable bonds is 4. The van der Waals surface area contributed by atoms with E-state index in [4.69, 9.17) is 23.1 Å². The molecule has 0 aromatic heterocycles. The average Bonchev–Trinajstić information content (AvgIpc) is 3.15. The topological polar surface area (TPSA) is 89.5 Å². The van der Waals surface area contributed by atoms with Crippen LogP contribution >= 0.6 is 0 Å². The third-order valence-corrected chi connectivity index (χ3v) is 5.20. The van der Waals surface area contributed by atoms with Gasteiger partial charge in [-0.2, -0.15) is 8.42 Å². The van der Waals surface area contributed by atoms with Crippen LogP contribution in [0.2, 0.25) is 0 Å². The summed E-state index contributed by atoms with van der Waals surface area (Å²) in [5.41, 5.74) is 0.985. The fraction of sp³-hybridized carbons (Fsp3) is 0.625. The predicted octanol–water partition coefficient (Wildman–Crippen LogP) is 1.11. The van der Waals surface area contributed by atoms with Crippen molar-refractivity contribution in [3.05, 3.63) is 35.9 Å². The van der Waals surface area contributed by atoms with E-state index in [1.165, 1.54) is 0 Å². The van der Waals surface area contributed by atoms with Crippen LogP contribution in [-0.4, -0.2) is 51.5 Å². The third-order valence-electron chi connectivity index (χ3n) is 4.30. The van der Waals surface area contributed by atoms with Crippen LogP contribution in [-0.2, 0) is 44.3 Å². The molecule has 0 bridgehead atoms. The molecule has 1 aromatic rings. The molecule has 3 heterocycles. The Kier molecular flexibility index (Phi) is 4.35. The van der Waals surface area contributed by atoms with Crippen molar-refractivity contribution in [2.24, 2.45) is 0 Å². The van der Waals surface area contributed by atoms with Gasteiger partial charge in [0, 0.05) is 0 Å². The second-order valence-electron chi connectivity index (χ2n) is 6.66. The summed E-state index contributed by atoms with van der Waals surface area (Å²) in [5, 5.41) is 0. The second-order valence-corrected chi connectivity index (χ2v) is 7.90. The molecule has 9 heteroatoms. The van der Waals surface area contributed by atoms with E-state index in [0.29, 0.717) is 6.61 Å². The molecular weight excluding hydrogens is 352 g/mol. The van der Waals surface area contributed by atoms with Crippen LogP contribution < -0.4 is 0 Å². The van der Waals surface area contributed by atoms with Crippen LogP contribution in [0.25, 0.3) is 0 Å². The summed E-state index contributed by atoms with van der Waals surface area (Å²) in [6.45, 7) is 3.79. The van der Waals surface area contributed by atoms with Gasteiger partial charge in [-0.15, -0.1) is 0 Å². The lowest BCUT2D eigenvalue weighted by molar-refractivity contribution is -0.227. The number of hydrogen-bond donors (Lipinski definition) is 0. The minimum absolute atomic E-state index is 0.124. The van der Waals surface area contributed by atoms with E-state index >= 15 is 0 Å². The molecule has 3 fully saturated rings. The third kappa shape index (κ3) is 3.59. The van der Waals surface area contributed by atoms with Crippen molar-refractivity contribution < 1.29 is 35.7 Å². The Labute approximate surface area is 146 Å². The molecule has 0 saturated carbocycles. The van der Waals surface area contributed by atoms with Gasteiger partial charge in [-0.05, 0) is 19.4 Å². The minimum Gasteiger partial charge on any atom is -0.368 e. The fourth-order valence-corrected chi connectivity index (χ4v) is 4.09. The number of ether oxygens (including phenoxy) is 4. The lowest BCUT2D eigenvalue weighted by Gasteiger charge is -2.27. The Hall–Kier alpha value is -1.07. The lowest BCUT2D eigenvalue weighted by Crippen LogP contribution is -2.43. The first-order chi connectivity index (χ1) is 11.8. The normalized spacial score (nSPS) is 38.7. The van der Waals surface area contributed by atoms with Gasteiger partial charge in [-0.1, -0.05) is 30.3 Å². The first-order valence-electron chi connectivity index (χ1n) is 8.07. The Bertz CT molecular complexity index is 719. The van der Waals surface area contributed by atoms with E-state index in [-0.39, 0.29) is 6.61 Å². The maximum Gasteiger partial charge on any atom is 0.400 e. The highest BCUT2D eigenvalue weighted by atomic mass is 32.3. The summed E-state index contributed by atoms with van der Waals surface area (Å²) in [7, 11) is -3.99. The molecule has 0 spiro atoms. The van der Waals surface area contributed by atoms with Crippen LogP contribution in [0.3, 0.4) is 0 Å². The predicted molar refractivity (Wildman–Crippen MR) is 83.5 cm³/mol. The van der Waals surface area contributed by atoms with Gasteiger partial charge in [0.2, 0.25) is 0 Å². The number of benzene rings is 1. The summed E-state index contributed by atoms with van der Waals surface area (Å²) in [6.07, 6.45) is -3.14. The molecule has 8 nitrogen and oxygen atoms in total. The first-order valence-corrected chi connectivity index (χ1v) is 9.41. The smallest absolute Gasteiger partial charge is 0.368 e. The minimum atomic E-state index is -3.99. The quantitative estimate of drug-likeness (QED) is 0.776. The van der Waals surface area contributed by atoms with E-state index in [2.05, 4.69) is 4.18 Å². The van der Waals surface area contributed by atoms with Crippen molar-refractivity contribution in [1.82, 2.24) is 0 Å². The molecule has 1 aromatic carbocycles. The van der Waals surface area contributed by atoms with Gasteiger partial charge in [0.25, 0.3) is 0 Å². The molecule has 138 valence electrons. The molecule has 3 aliphatic rings. The SMILES string of the molecule is CC1(C)O[C@H]2O[C@H]([C@H]3COS(=O)(=O)O3)[C@@H](OCc3ccccc3)[C@H]2O1. The summed E-state index contributed by atoms with van der Waals surface area (Å²) in [4.78, 5) is 0.